The van der Waals surface area contributed by atoms with Gasteiger partial charge in [0.05, 0.1) is 6.10 Å². The highest BCUT2D eigenvalue weighted by Gasteiger charge is 2.42. The van der Waals surface area contributed by atoms with Crippen molar-refractivity contribution in [1.82, 2.24) is 20.3 Å². The highest BCUT2D eigenvalue weighted by Crippen LogP contribution is 2.35. The number of aliphatic hydroxyl groups is 2. The van der Waals surface area contributed by atoms with E-state index in [9.17, 15) is 10.2 Å². The number of nitrogens with one attached hydrogen (secondary N) is 1. The normalized spacial score (nSPS) is 23.9. The van der Waals surface area contributed by atoms with Crippen molar-refractivity contribution in [2.45, 2.75) is 31.5 Å². The van der Waals surface area contributed by atoms with Gasteiger partial charge in [-0.3, -0.25) is 4.98 Å². The van der Waals surface area contributed by atoms with Crippen LogP contribution in [0.25, 0.3) is 11.4 Å². The molecule has 0 bridgehead atoms. The van der Waals surface area contributed by atoms with E-state index >= 15 is 0 Å². The lowest BCUT2D eigenvalue weighted by Crippen LogP contribution is -2.36. The van der Waals surface area contributed by atoms with Crippen LogP contribution in [0, 0.1) is 11.8 Å². The van der Waals surface area contributed by atoms with Crippen molar-refractivity contribution in [3.05, 3.63) is 78.4 Å². The lowest BCUT2D eigenvalue weighted by Gasteiger charge is -2.25. The van der Waals surface area contributed by atoms with Gasteiger partial charge >= 0.3 is 0 Å². The Morgan fingerprint density at radius 3 is 2.62 bits per heavy atom. The van der Waals surface area contributed by atoms with Gasteiger partial charge in [0.1, 0.15) is 0 Å². The summed E-state index contributed by atoms with van der Waals surface area (Å²) in [6.45, 7) is 0.645. The summed E-state index contributed by atoms with van der Waals surface area (Å²) >= 11 is 0. The van der Waals surface area contributed by atoms with Crippen molar-refractivity contribution in [3.63, 3.8) is 0 Å². The van der Waals surface area contributed by atoms with Gasteiger partial charge in [-0.2, -0.15) is 0 Å². The molecule has 4 rings (SSSR count). The Bertz CT molecular complexity index is 907. The molecule has 29 heavy (non-hydrogen) atoms. The lowest BCUT2D eigenvalue weighted by atomic mass is 9.88. The first kappa shape index (κ1) is 19.6. The third kappa shape index (κ3) is 4.67. The van der Waals surface area contributed by atoms with Crippen LogP contribution in [-0.2, 0) is 13.0 Å². The Hall–Kier alpha value is -2.67. The molecule has 150 valence electrons. The zero-order chi connectivity index (χ0) is 20.1. The minimum absolute atomic E-state index is 0.0342. The fourth-order valence-corrected chi connectivity index (χ4v) is 4.21. The number of hydrogen-bond donors (Lipinski definition) is 3. The molecule has 1 saturated carbocycles. The third-order valence-corrected chi connectivity index (χ3v) is 5.75. The fourth-order valence-electron chi connectivity index (χ4n) is 4.21. The number of pyridine rings is 1. The Balaban J connectivity index is 1.51. The van der Waals surface area contributed by atoms with Crippen LogP contribution in [0.15, 0.2) is 67.1 Å². The first-order valence-corrected chi connectivity index (χ1v) is 10.0. The number of nitrogens with zero attached hydrogens (tertiary/aromatic N) is 3. The molecule has 2 aromatic heterocycles. The van der Waals surface area contributed by atoms with Gasteiger partial charge in [0, 0.05) is 55.0 Å². The Morgan fingerprint density at radius 2 is 1.86 bits per heavy atom. The minimum Gasteiger partial charge on any atom is -0.396 e. The van der Waals surface area contributed by atoms with E-state index in [0.29, 0.717) is 25.2 Å². The van der Waals surface area contributed by atoms with Crippen LogP contribution in [0.1, 0.15) is 17.7 Å². The molecule has 4 unspecified atom stereocenters. The fraction of sp³-hybridized carbons (Fsp3) is 0.348. The molecule has 6 heteroatoms. The summed E-state index contributed by atoms with van der Waals surface area (Å²) in [5, 5.41) is 23.9. The Labute approximate surface area is 170 Å². The quantitative estimate of drug-likeness (QED) is 0.573. The van der Waals surface area contributed by atoms with Crippen LogP contribution < -0.4 is 5.32 Å². The summed E-state index contributed by atoms with van der Waals surface area (Å²) in [6, 6.07) is 15.9. The molecule has 1 aromatic carbocycles. The molecule has 0 saturated heterocycles. The molecular formula is C23H26N4O2. The maximum absolute atomic E-state index is 10.5. The van der Waals surface area contributed by atoms with Gasteiger partial charge in [0.2, 0.25) is 0 Å². The van der Waals surface area contributed by atoms with Gasteiger partial charge in [-0.25, -0.2) is 9.97 Å². The number of benzene rings is 1. The van der Waals surface area contributed by atoms with Crippen LogP contribution in [-0.4, -0.2) is 43.9 Å². The SMILES string of the molecule is OCC1C(O)CC(NCc2cccnc2)C1Cc1ccnc(-c2ccccc2)n1. The molecule has 1 fully saturated rings. The van der Waals surface area contributed by atoms with Crippen LogP contribution in [0.5, 0.6) is 0 Å². The summed E-state index contributed by atoms with van der Waals surface area (Å²) < 4.78 is 0. The van der Waals surface area contributed by atoms with E-state index in [0.717, 1.165) is 16.8 Å². The summed E-state index contributed by atoms with van der Waals surface area (Å²) in [6.07, 6.45) is 6.15. The third-order valence-electron chi connectivity index (χ3n) is 5.75. The molecule has 6 nitrogen and oxygen atoms in total. The summed E-state index contributed by atoms with van der Waals surface area (Å²) in [5.74, 6) is 0.615. The van der Waals surface area contributed by atoms with Gasteiger partial charge in [0.25, 0.3) is 0 Å². The Morgan fingerprint density at radius 1 is 1.00 bits per heavy atom. The summed E-state index contributed by atoms with van der Waals surface area (Å²) in [7, 11) is 0. The van der Waals surface area contributed by atoms with Gasteiger partial charge in [-0.1, -0.05) is 36.4 Å². The lowest BCUT2D eigenvalue weighted by molar-refractivity contribution is 0.0716. The van der Waals surface area contributed by atoms with Gasteiger partial charge in [-0.05, 0) is 36.5 Å². The molecule has 0 spiro atoms. The standard InChI is InChI=1S/C23H26N4O2/c28-15-20-19(21(12-22(20)29)26-14-16-5-4-9-24-13-16)11-18-8-10-25-23(27-18)17-6-2-1-3-7-17/h1-10,13,19-22,26,28-29H,11-12,14-15H2. The second-order valence-electron chi connectivity index (χ2n) is 7.60. The largest absolute Gasteiger partial charge is 0.396 e. The Kier molecular flexibility index (Phi) is 6.24. The van der Waals surface area contributed by atoms with Gasteiger partial charge in [-0.15, -0.1) is 0 Å². The minimum atomic E-state index is -0.521. The molecule has 2 heterocycles. The van der Waals surface area contributed by atoms with Gasteiger partial charge < -0.3 is 15.5 Å². The van der Waals surface area contributed by atoms with E-state index in [-0.39, 0.29) is 24.5 Å². The van der Waals surface area contributed by atoms with E-state index < -0.39 is 6.10 Å². The highest BCUT2D eigenvalue weighted by molar-refractivity contribution is 5.54. The maximum Gasteiger partial charge on any atom is 0.159 e. The predicted octanol–water partition coefficient (Wildman–Crippen LogP) is 2.23. The van der Waals surface area contributed by atoms with Gasteiger partial charge in [0.15, 0.2) is 5.82 Å². The van der Waals surface area contributed by atoms with Crippen LogP contribution in [0.3, 0.4) is 0 Å². The van der Waals surface area contributed by atoms with Crippen molar-refractivity contribution in [1.29, 1.82) is 0 Å². The van der Waals surface area contributed by atoms with Crippen molar-refractivity contribution in [3.8, 4) is 11.4 Å². The predicted molar refractivity (Wildman–Crippen MR) is 111 cm³/mol. The molecular weight excluding hydrogens is 364 g/mol. The van der Waals surface area contributed by atoms with Crippen molar-refractivity contribution in [2.75, 3.05) is 6.61 Å². The summed E-state index contributed by atoms with van der Waals surface area (Å²) in [5.41, 5.74) is 3.00. The van der Waals surface area contributed by atoms with E-state index in [4.69, 9.17) is 4.98 Å². The first-order valence-electron chi connectivity index (χ1n) is 10.0. The molecule has 3 N–H and O–H groups in total. The molecule has 0 radical (unpaired) electrons. The van der Waals surface area contributed by atoms with E-state index in [1.807, 2.05) is 54.7 Å². The van der Waals surface area contributed by atoms with Crippen molar-refractivity contribution in [2.24, 2.45) is 11.8 Å². The molecule has 1 aliphatic carbocycles. The number of aromatic nitrogens is 3. The number of hydrogen-bond acceptors (Lipinski definition) is 6. The van der Waals surface area contributed by atoms with Crippen LogP contribution >= 0.6 is 0 Å². The molecule has 0 aliphatic heterocycles. The average Bonchev–Trinajstić information content (AvgIpc) is 3.07. The molecule has 4 atom stereocenters. The second-order valence-corrected chi connectivity index (χ2v) is 7.60. The maximum atomic E-state index is 10.5. The molecule has 3 aromatic rings. The van der Waals surface area contributed by atoms with E-state index in [1.165, 1.54) is 0 Å². The monoisotopic (exact) mass is 390 g/mol. The second kappa shape index (κ2) is 9.22. The van der Waals surface area contributed by atoms with Crippen LogP contribution in [0.2, 0.25) is 0 Å². The topological polar surface area (TPSA) is 91.2 Å². The number of aliphatic hydroxyl groups excluding tert-OH is 2. The van der Waals surface area contributed by atoms with E-state index in [1.54, 1.807) is 12.4 Å². The van der Waals surface area contributed by atoms with E-state index in [2.05, 4.69) is 15.3 Å². The smallest absolute Gasteiger partial charge is 0.159 e. The summed E-state index contributed by atoms with van der Waals surface area (Å²) in [4.78, 5) is 13.3. The highest BCUT2D eigenvalue weighted by atomic mass is 16.3. The first-order chi connectivity index (χ1) is 14.2. The van der Waals surface area contributed by atoms with Crippen molar-refractivity contribution >= 4 is 0 Å². The van der Waals surface area contributed by atoms with Crippen molar-refractivity contribution < 1.29 is 10.2 Å². The average molecular weight is 390 g/mol. The zero-order valence-corrected chi connectivity index (χ0v) is 16.2. The molecule has 1 aliphatic rings. The molecule has 0 amide bonds. The zero-order valence-electron chi connectivity index (χ0n) is 16.2. The number of rotatable bonds is 7. The van der Waals surface area contributed by atoms with Crippen LogP contribution in [0.4, 0.5) is 0 Å².